The molecule has 4 aliphatic rings. The molecular formula is C21H31ClO3. The Kier molecular flexibility index (Phi) is 4.25. The van der Waals surface area contributed by atoms with Gasteiger partial charge in [-0.05, 0) is 92.1 Å². The summed E-state index contributed by atoms with van der Waals surface area (Å²) in [5.74, 6) is 4.34. The van der Waals surface area contributed by atoms with Gasteiger partial charge in [-0.2, -0.15) is 0 Å². The predicted octanol–water partition coefficient (Wildman–Crippen LogP) is 3.29. The van der Waals surface area contributed by atoms with Gasteiger partial charge in [0.1, 0.15) is 5.60 Å². The minimum atomic E-state index is -1.02. The van der Waals surface area contributed by atoms with E-state index in [2.05, 4.69) is 25.1 Å². The molecule has 0 spiro atoms. The van der Waals surface area contributed by atoms with Crippen molar-refractivity contribution in [2.75, 3.05) is 0 Å². The fourth-order valence-corrected chi connectivity index (χ4v) is 7.66. The Morgan fingerprint density at radius 1 is 0.960 bits per heavy atom. The molecule has 4 fully saturated rings. The lowest BCUT2D eigenvalue weighted by Crippen LogP contribution is -2.60. The summed E-state index contributed by atoms with van der Waals surface area (Å²) in [6.45, 7) is 4.56. The van der Waals surface area contributed by atoms with Crippen LogP contribution in [0.3, 0.4) is 0 Å². The van der Waals surface area contributed by atoms with E-state index in [1.807, 2.05) is 0 Å². The largest absolute Gasteiger partial charge is 0.393 e. The van der Waals surface area contributed by atoms with Crippen LogP contribution in [0.4, 0.5) is 0 Å². The van der Waals surface area contributed by atoms with Crippen molar-refractivity contribution in [3.05, 3.63) is 0 Å². The van der Waals surface area contributed by atoms with Gasteiger partial charge in [0.2, 0.25) is 0 Å². The SMILES string of the molecule is C[C@]12CC[C@H](O)CC1C[C@H](O)[C@@H]1[C@@H]2CC[C@@]2(C)[C@H]1CC[C@@]2(O)C#CCl. The number of rotatable bonds is 0. The van der Waals surface area contributed by atoms with Crippen LogP contribution in [0.5, 0.6) is 0 Å². The van der Waals surface area contributed by atoms with Gasteiger partial charge in [-0.1, -0.05) is 19.8 Å². The fourth-order valence-electron chi connectivity index (χ4n) is 7.50. The zero-order valence-corrected chi connectivity index (χ0v) is 16.1. The average Bonchev–Trinajstić information content (AvgIpc) is 2.81. The van der Waals surface area contributed by atoms with Gasteiger partial charge in [0, 0.05) is 10.8 Å². The highest BCUT2D eigenvalue weighted by Crippen LogP contribution is 2.68. The summed E-state index contributed by atoms with van der Waals surface area (Å²) < 4.78 is 0. The van der Waals surface area contributed by atoms with E-state index in [0.717, 1.165) is 44.9 Å². The van der Waals surface area contributed by atoms with Crippen molar-refractivity contribution in [3.8, 4) is 11.3 Å². The maximum Gasteiger partial charge on any atom is 0.132 e. The number of hydrogen-bond donors (Lipinski definition) is 3. The second kappa shape index (κ2) is 5.86. The van der Waals surface area contributed by atoms with E-state index in [0.29, 0.717) is 24.2 Å². The second-order valence-corrected chi connectivity index (χ2v) is 9.99. The zero-order chi connectivity index (χ0) is 18.0. The van der Waals surface area contributed by atoms with Gasteiger partial charge in [0.25, 0.3) is 0 Å². The van der Waals surface area contributed by atoms with Crippen LogP contribution in [0.2, 0.25) is 0 Å². The lowest BCUT2D eigenvalue weighted by Gasteiger charge is -2.62. The van der Waals surface area contributed by atoms with Crippen molar-refractivity contribution in [2.45, 2.75) is 83.0 Å². The molecule has 140 valence electrons. The molecule has 4 rings (SSSR count). The van der Waals surface area contributed by atoms with E-state index >= 15 is 0 Å². The smallest absolute Gasteiger partial charge is 0.132 e. The van der Waals surface area contributed by atoms with E-state index in [1.165, 1.54) is 0 Å². The molecule has 25 heavy (non-hydrogen) atoms. The summed E-state index contributed by atoms with van der Waals surface area (Å²) in [5, 5.41) is 34.8. The summed E-state index contributed by atoms with van der Waals surface area (Å²) in [7, 11) is 0. The van der Waals surface area contributed by atoms with Crippen molar-refractivity contribution in [3.63, 3.8) is 0 Å². The molecule has 0 aliphatic heterocycles. The molecule has 0 bridgehead atoms. The minimum Gasteiger partial charge on any atom is -0.393 e. The Hall–Kier alpha value is -0.270. The number of aliphatic hydroxyl groups excluding tert-OH is 2. The molecule has 0 heterocycles. The summed E-state index contributed by atoms with van der Waals surface area (Å²) in [4.78, 5) is 0. The van der Waals surface area contributed by atoms with Crippen molar-refractivity contribution >= 4 is 11.6 Å². The van der Waals surface area contributed by atoms with E-state index in [-0.39, 0.29) is 29.0 Å². The molecule has 0 aromatic rings. The first-order valence-corrected chi connectivity index (χ1v) is 10.3. The lowest BCUT2D eigenvalue weighted by atomic mass is 9.43. The molecule has 4 aliphatic carbocycles. The molecule has 4 saturated carbocycles. The van der Waals surface area contributed by atoms with Crippen molar-refractivity contribution in [2.24, 2.45) is 34.5 Å². The van der Waals surface area contributed by atoms with Crippen molar-refractivity contribution in [1.82, 2.24) is 0 Å². The molecule has 0 saturated heterocycles. The number of hydrogen-bond acceptors (Lipinski definition) is 3. The van der Waals surface area contributed by atoms with Crippen molar-refractivity contribution < 1.29 is 15.3 Å². The molecule has 0 aromatic carbocycles. The second-order valence-electron chi connectivity index (χ2n) is 9.80. The van der Waals surface area contributed by atoms with Crippen molar-refractivity contribution in [1.29, 1.82) is 0 Å². The summed E-state index contributed by atoms with van der Waals surface area (Å²) in [5.41, 5.74) is -1.09. The third kappa shape index (κ3) is 2.37. The molecule has 3 N–H and O–H groups in total. The Balaban J connectivity index is 1.69. The summed E-state index contributed by atoms with van der Waals surface area (Å²) in [6.07, 6.45) is 6.58. The molecule has 4 heteroatoms. The Bertz CT molecular complexity index is 612. The Morgan fingerprint density at radius 2 is 1.68 bits per heavy atom. The summed E-state index contributed by atoms with van der Waals surface area (Å²) in [6, 6.07) is 0. The highest BCUT2D eigenvalue weighted by Gasteiger charge is 2.66. The first-order chi connectivity index (χ1) is 11.7. The van der Waals surface area contributed by atoms with Crippen LogP contribution in [-0.2, 0) is 0 Å². The zero-order valence-electron chi connectivity index (χ0n) is 15.3. The third-order valence-electron chi connectivity index (χ3n) is 9.06. The maximum absolute atomic E-state index is 11.2. The molecule has 9 atom stereocenters. The number of aliphatic hydroxyl groups is 3. The predicted molar refractivity (Wildman–Crippen MR) is 97.7 cm³/mol. The quantitative estimate of drug-likeness (QED) is 0.576. The van der Waals surface area contributed by atoms with Gasteiger partial charge in [-0.3, -0.25) is 0 Å². The Morgan fingerprint density at radius 3 is 2.40 bits per heavy atom. The molecule has 3 nitrogen and oxygen atoms in total. The van der Waals surface area contributed by atoms with Crippen LogP contribution in [0.1, 0.15) is 65.2 Å². The molecule has 0 radical (unpaired) electrons. The van der Waals surface area contributed by atoms with Crippen LogP contribution in [0.15, 0.2) is 0 Å². The number of halogens is 1. The highest BCUT2D eigenvalue weighted by molar-refractivity contribution is 6.30. The molecule has 1 unspecified atom stereocenters. The average molecular weight is 367 g/mol. The van der Waals surface area contributed by atoms with Crippen LogP contribution in [0.25, 0.3) is 0 Å². The molecular weight excluding hydrogens is 336 g/mol. The van der Waals surface area contributed by atoms with Gasteiger partial charge >= 0.3 is 0 Å². The first-order valence-electron chi connectivity index (χ1n) is 9.96. The van der Waals surface area contributed by atoms with Gasteiger partial charge < -0.3 is 15.3 Å². The topological polar surface area (TPSA) is 60.7 Å². The fraction of sp³-hybridized carbons (Fsp3) is 0.905. The maximum atomic E-state index is 11.2. The van der Waals surface area contributed by atoms with Crippen LogP contribution >= 0.6 is 11.6 Å². The van der Waals surface area contributed by atoms with Gasteiger partial charge in [0.05, 0.1) is 12.2 Å². The number of fused-ring (bicyclic) bond motifs is 5. The van der Waals surface area contributed by atoms with E-state index in [9.17, 15) is 15.3 Å². The van der Waals surface area contributed by atoms with Crippen LogP contribution < -0.4 is 0 Å². The van der Waals surface area contributed by atoms with Gasteiger partial charge in [-0.25, -0.2) is 0 Å². The Labute approximate surface area is 156 Å². The highest BCUT2D eigenvalue weighted by atomic mass is 35.5. The van der Waals surface area contributed by atoms with Gasteiger partial charge in [-0.15, -0.1) is 0 Å². The van der Waals surface area contributed by atoms with E-state index in [4.69, 9.17) is 11.6 Å². The van der Waals surface area contributed by atoms with Crippen LogP contribution in [0, 0.1) is 45.8 Å². The van der Waals surface area contributed by atoms with E-state index < -0.39 is 5.60 Å². The molecule has 0 aromatic heterocycles. The van der Waals surface area contributed by atoms with E-state index in [1.54, 1.807) is 0 Å². The lowest BCUT2D eigenvalue weighted by molar-refractivity contribution is -0.183. The van der Waals surface area contributed by atoms with Crippen LogP contribution in [-0.4, -0.2) is 33.1 Å². The van der Waals surface area contributed by atoms with Gasteiger partial charge in [0.15, 0.2) is 0 Å². The minimum absolute atomic E-state index is 0.203. The summed E-state index contributed by atoms with van der Waals surface area (Å²) >= 11 is 5.66. The monoisotopic (exact) mass is 366 g/mol. The molecule has 0 amide bonds. The first kappa shape index (κ1) is 18.1. The normalized spacial score (nSPS) is 57.7. The standard InChI is InChI=1S/C21H31ClO3/c1-19-6-3-14(23)11-13(19)12-17(24)18-15(19)4-7-20(2)16(18)5-8-21(20,25)9-10-22/h13-18,23-25H,3-8,11-12H2,1-2H3/t13?,14-,15-,16-,17-,18+,19-,20-,21+/m0/s1. The third-order valence-corrected chi connectivity index (χ3v) is 9.16.